The summed E-state index contributed by atoms with van der Waals surface area (Å²) in [4.78, 5) is 23.6. The summed E-state index contributed by atoms with van der Waals surface area (Å²) in [6.07, 6.45) is 3.59. The first-order valence-corrected chi connectivity index (χ1v) is 8.81. The van der Waals surface area contributed by atoms with Crippen molar-refractivity contribution < 1.29 is 41.4 Å². The molecule has 8 nitrogen and oxygen atoms in total. The molecule has 0 saturated carbocycles. The van der Waals surface area contributed by atoms with E-state index in [4.69, 9.17) is 10.8 Å². The number of aliphatic hydroxyl groups is 2. The number of aryl methyl sites for hydroxylation is 1. The molecule has 0 aliphatic rings. The third kappa shape index (κ3) is 9.28. The standard InChI is InChI=1S/C18H30N4O4.BrH/c1-18(2,13-23)16(25)17(26)20-8-4-15(24)21-12-14-5-10-22(11-6-14)9-3-7-19;/h5-6,10-11,16,23,25H,3-4,7-9,12-13,19H2,1-2H3,(H-,20,21,24,26);1H/t16-;/m0./s1. The van der Waals surface area contributed by atoms with Crippen molar-refractivity contribution in [3.05, 3.63) is 30.1 Å². The Labute approximate surface area is 170 Å². The Morgan fingerprint density at radius 1 is 1.26 bits per heavy atom. The molecule has 0 saturated heterocycles. The van der Waals surface area contributed by atoms with Gasteiger partial charge in [0, 0.05) is 43.5 Å². The van der Waals surface area contributed by atoms with Gasteiger partial charge in [-0.25, -0.2) is 4.57 Å². The maximum Gasteiger partial charge on any atom is 0.249 e. The first kappa shape index (κ1) is 25.4. The Bertz CT molecular complexity index is 581. The molecular weight excluding hydrogens is 416 g/mol. The first-order chi connectivity index (χ1) is 12.3. The van der Waals surface area contributed by atoms with Gasteiger partial charge in [0.1, 0.15) is 12.6 Å². The molecule has 27 heavy (non-hydrogen) atoms. The number of hydrogen-bond donors (Lipinski definition) is 5. The zero-order valence-corrected chi connectivity index (χ0v) is 17.5. The normalized spacial score (nSPS) is 12.0. The monoisotopic (exact) mass is 446 g/mol. The molecule has 154 valence electrons. The van der Waals surface area contributed by atoms with Gasteiger partial charge in [-0.2, -0.15) is 0 Å². The fourth-order valence-corrected chi connectivity index (χ4v) is 2.16. The van der Waals surface area contributed by atoms with Crippen molar-refractivity contribution >= 4 is 11.8 Å². The van der Waals surface area contributed by atoms with Crippen LogP contribution in [0.4, 0.5) is 0 Å². The summed E-state index contributed by atoms with van der Waals surface area (Å²) in [5.41, 5.74) is 5.53. The van der Waals surface area contributed by atoms with Crippen LogP contribution >= 0.6 is 0 Å². The van der Waals surface area contributed by atoms with Gasteiger partial charge in [0.15, 0.2) is 12.4 Å². The van der Waals surface area contributed by atoms with Gasteiger partial charge in [-0.3, -0.25) is 9.59 Å². The van der Waals surface area contributed by atoms with Gasteiger partial charge < -0.3 is 43.6 Å². The quantitative estimate of drug-likeness (QED) is 0.220. The smallest absolute Gasteiger partial charge is 0.249 e. The third-order valence-corrected chi connectivity index (χ3v) is 4.12. The van der Waals surface area contributed by atoms with Crippen molar-refractivity contribution in [1.29, 1.82) is 0 Å². The Morgan fingerprint density at radius 3 is 2.44 bits per heavy atom. The number of nitrogens with two attached hydrogens (primary N) is 1. The van der Waals surface area contributed by atoms with Crippen LogP contribution in [0.15, 0.2) is 24.5 Å². The molecule has 1 heterocycles. The third-order valence-electron chi connectivity index (χ3n) is 4.12. The summed E-state index contributed by atoms with van der Waals surface area (Å²) in [5, 5.41) is 24.3. The van der Waals surface area contributed by atoms with E-state index in [0.717, 1.165) is 18.5 Å². The number of amides is 2. The Hall–Kier alpha value is -1.55. The van der Waals surface area contributed by atoms with E-state index < -0.39 is 17.4 Å². The Morgan fingerprint density at radius 2 is 1.89 bits per heavy atom. The van der Waals surface area contributed by atoms with E-state index in [1.165, 1.54) is 0 Å². The molecule has 0 radical (unpaired) electrons. The lowest BCUT2D eigenvalue weighted by atomic mass is 9.87. The lowest BCUT2D eigenvalue weighted by Gasteiger charge is -2.27. The number of carbonyl (C=O) groups excluding carboxylic acids is 2. The second-order valence-corrected chi connectivity index (χ2v) is 6.95. The molecule has 1 aromatic heterocycles. The van der Waals surface area contributed by atoms with Crippen molar-refractivity contribution in [2.45, 2.75) is 45.9 Å². The van der Waals surface area contributed by atoms with Gasteiger partial charge in [0.25, 0.3) is 0 Å². The highest BCUT2D eigenvalue weighted by Crippen LogP contribution is 2.19. The fraction of sp³-hybridized carbons (Fsp3) is 0.611. The zero-order chi connectivity index (χ0) is 19.6. The Balaban J connectivity index is 0.00000676. The lowest BCUT2D eigenvalue weighted by Crippen LogP contribution is -3.00. The molecule has 0 bridgehead atoms. The summed E-state index contributed by atoms with van der Waals surface area (Å²) < 4.78 is 2.03. The summed E-state index contributed by atoms with van der Waals surface area (Å²) in [7, 11) is 0. The van der Waals surface area contributed by atoms with Gasteiger partial charge in [-0.05, 0) is 12.1 Å². The maximum absolute atomic E-state index is 11.8. The highest BCUT2D eigenvalue weighted by atomic mass is 79.9. The van der Waals surface area contributed by atoms with E-state index in [0.29, 0.717) is 13.1 Å². The summed E-state index contributed by atoms with van der Waals surface area (Å²) in [5.74, 6) is -0.789. The predicted octanol–water partition coefficient (Wildman–Crippen LogP) is -4.17. The SMILES string of the molecule is CC(C)(CO)[C@@H](O)C(=O)NCCC(=O)NCc1cc[n+](CCCN)cc1.[Br-]. The molecule has 0 fully saturated rings. The van der Waals surface area contributed by atoms with Crippen LogP contribution in [0, 0.1) is 5.41 Å². The van der Waals surface area contributed by atoms with Gasteiger partial charge in [0.2, 0.25) is 11.8 Å². The van der Waals surface area contributed by atoms with E-state index >= 15 is 0 Å². The maximum atomic E-state index is 11.8. The van der Waals surface area contributed by atoms with Crippen molar-refractivity contribution in [2.75, 3.05) is 19.7 Å². The molecule has 9 heteroatoms. The van der Waals surface area contributed by atoms with Crippen LogP contribution in [-0.2, 0) is 22.7 Å². The molecule has 0 aliphatic heterocycles. The van der Waals surface area contributed by atoms with Crippen LogP contribution in [-0.4, -0.2) is 47.8 Å². The number of aliphatic hydroxyl groups excluding tert-OH is 2. The van der Waals surface area contributed by atoms with Crippen LogP contribution in [0.5, 0.6) is 0 Å². The number of aromatic nitrogens is 1. The molecule has 6 N–H and O–H groups in total. The van der Waals surface area contributed by atoms with Gasteiger partial charge in [-0.15, -0.1) is 0 Å². The molecule has 1 aromatic rings. The second kappa shape index (κ2) is 12.8. The minimum atomic E-state index is -1.33. The highest BCUT2D eigenvalue weighted by Gasteiger charge is 2.32. The van der Waals surface area contributed by atoms with E-state index in [9.17, 15) is 14.7 Å². The van der Waals surface area contributed by atoms with Crippen LogP contribution in [0.3, 0.4) is 0 Å². The average molecular weight is 447 g/mol. The summed E-state index contributed by atoms with van der Waals surface area (Å²) in [6.45, 7) is 4.90. The van der Waals surface area contributed by atoms with Gasteiger partial charge in [-0.1, -0.05) is 13.8 Å². The molecule has 1 atom stereocenters. The predicted molar refractivity (Wildman–Crippen MR) is 96.7 cm³/mol. The van der Waals surface area contributed by atoms with Gasteiger partial charge >= 0.3 is 0 Å². The van der Waals surface area contributed by atoms with Crippen molar-refractivity contribution in [2.24, 2.45) is 11.1 Å². The average Bonchev–Trinajstić information content (AvgIpc) is 2.64. The number of carbonyl (C=O) groups is 2. The number of hydrogen-bond acceptors (Lipinski definition) is 5. The van der Waals surface area contributed by atoms with Crippen LogP contribution in [0.2, 0.25) is 0 Å². The summed E-state index contributed by atoms with van der Waals surface area (Å²) >= 11 is 0. The van der Waals surface area contributed by atoms with Crippen molar-refractivity contribution in [3.8, 4) is 0 Å². The van der Waals surface area contributed by atoms with Crippen molar-refractivity contribution in [3.63, 3.8) is 0 Å². The van der Waals surface area contributed by atoms with E-state index in [-0.39, 0.29) is 42.5 Å². The minimum Gasteiger partial charge on any atom is -1.00 e. The molecule has 1 rings (SSSR count). The lowest BCUT2D eigenvalue weighted by molar-refractivity contribution is -0.697. The van der Waals surface area contributed by atoms with Crippen molar-refractivity contribution in [1.82, 2.24) is 10.6 Å². The number of nitrogens with one attached hydrogen (secondary N) is 2. The topological polar surface area (TPSA) is 129 Å². The molecule has 0 spiro atoms. The first-order valence-electron chi connectivity index (χ1n) is 8.81. The summed E-state index contributed by atoms with van der Waals surface area (Å²) in [6, 6.07) is 3.87. The second-order valence-electron chi connectivity index (χ2n) is 6.95. The number of rotatable bonds is 11. The molecule has 0 unspecified atom stereocenters. The number of pyridine rings is 1. The Kier molecular flexibility index (Phi) is 12.0. The van der Waals surface area contributed by atoms with E-state index in [1.54, 1.807) is 13.8 Å². The molecular formula is C18H31BrN4O4. The minimum absolute atomic E-state index is 0. The molecule has 0 aliphatic carbocycles. The molecule has 2 amide bonds. The fourth-order valence-electron chi connectivity index (χ4n) is 2.16. The van der Waals surface area contributed by atoms with E-state index in [2.05, 4.69) is 10.6 Å². The van der Waals surface area contributed by atoms with Gasteiger partial charge in [0.05, 0.1) is 6.61 Å². The number of halogens is 1. The largest absolute Gasteiger partial charge is 1.00 e. The van der Waals surface area contributed by atoms with Crippen LogP contribution < -0.4 is 37.9 Å². The molecule has 0 aromatic carbocycles. The highest BCUT2D eigenvalue weighted by molar-refractivity contribution is 5.82. The number of nitrogens with zero attached hydrogens (tertiary/aromatic N) is 1. The van der Waals surface area contributed by atoms with Crippen LogP contribution in [0.25, 0.3) is 0 Å². The zero-order valence-electron chi connectivity index (χ0n) is 15.9. The van der Waals surface area contributed by atoms with E-state index in [1.807, 2.05) is 29.1 Å². The van der Waals surface area contributed by atoms with Crippen LogP contribution in [0.1, 0.15) is 32.3 Å².